The Labute approximate surface area is 343 Å². The number of ether oxygens (including phenoxy) is 5. The van der Waals surface area contributed by atoms with Crippen LogP contribution in [0.15, 0.2) is 60.7 Å². The first kappa shape index (κ1) is 49.4. The molecule has 3 aliphatic rings. The van der Waals surface area contributed by atoms with E-state index in [1.165, 1.54) is 36.9 Å². The zero-order chi connectivity index (χ0) is 42.6. The Morgan fingerprint density at radius 3 is 1.44 bits per heavy atom. The number of carbonyl (C=O) groups is 3. The molecule has 2 aromatic carbocycles. The molecule has 0 bridgehead atoms. The molecule has 0 spiro atoms. The fraction of sp³-hybridized carbons (Fsp3) is 0.667. The summed E-state index contributed by atoms with van der Waals surface area (Å²) in [6, 6.07) is 22.2. The lowest BCUT2D eigenvalue weighted by Gasteiger charge is -2.25. The molecule has 3 heterocycles. The van der Waals surface area contributed by atoms with Crippen molar-refractivity contribution in [2.24, 2.45) is 17.6 Å². The Balaban J connectivity index is 0.000000284. The molecule has 0 aliphatic carbocycles. The molecule has 0 saturated carbocycles. The number of hydrogen-bond acceptors (Lipinski definition) is 11. The molecule has 1 amide bonds. The summed E-state index contributed by atoms with van der Waals surface area (Å²) in [5, 5.41) is 2.89. The highest BCUT2D eigenvalue weighted by molar-refractivity contribution is 5.77. The van der Waals surface area contributed by atoms with Crippen LogP contribution >= 0.6 is 0 Å². The number of alkyl carbamates (subject to hydrolysis) is 1. The molecular weight excluding hydrogens is 725 g/mol. The predicted octanol–water partition coefficient (Wildman–Crippen LogP) is 9.29. The van der Waals surface area contributed by atoms with E-state index in [0.29, 0.717) is 30.5 Å². The minimum Gasteiger partial charge on any atom is -0.444 e. The van der Waals surface area contributed by atoms with E-state index >= 15 is 0 Å². The van der Waals surface area contributed by atoms with Crippen LogP contribution in [0.2, 0.25) is 0 Å². The van der Waals surface area contributed by atoms with Crippen LogP contribution in [0.5, 0.6) is 0 Å². The molecule has 3 saturated heterocycles. The molecule has 57 heavy (non-hydrogen) atoms. The number of benzene rings is 2. The van der Waals surface area contributed by atoms with Gasteiger partial charge in [0.05, 0.1) is 0 Å². The lowest BCUT2D eigenvalue weighted by molar-refractivity contribution is -0.0294. The molecular formula is C45H74N4O8. The van der Waals surface area contributed by atoms with Crippen molar-refractivity contribution >= 4 is 18.4 Å². The molecule has 5 rings (SSSR count). The highest BCUT2D eigenvalue weighted by Gasteiger charge is 2.28. The number of rotatable bonds is 7. The van der Waals surface area contributed by atoms with Gasteiger partial charge in [-0.2, -0.15) is 0 Å². The second-order valence-corrected chi connectivity index (χ2v) is 17.9. The van der Waals surface area contributed by atoms with Crippen molar-refractivity contribution in [2.45, 2.75) is 131 Å². The van der Waals surface area contributed by atoms with E-state index in [1.807, 2.05) is 26.8 Å². The molecule has 12 nitrogen and oxygen atoms in total. The summed E-state index contributed by atoms with van der Waals surface area (Å²) in [4.78, 5) is 38.7. The average molecular weight is 799 g/mol. The van der Waals surface area contributed by atoms with Gasteiger partial charge in [-0.05, 0) is 144 Å². The SMILES string of the molecule is C1CCOC1.CC(C)(C)OC(=O)OC(=O)OC(C)(C)C.C[C@@H](c1ccccc1)N1CC[C@H](CN)C1.C[C@@H](c1ccccc1)N1CC[C@H](CNC(=O)OC(C)(C)C)C1. The summed E-state index contributed by atoms with van der Waals surface area (Å²) >= 11 is 0. The van der Waals surface area contributed by atoms with Gasteiger partial charge in [-0.1, -0.05) is 60.7 Å². The zero-order valence-electron chi connectivity index (χ0n) is 36.8. The second kappa shape index (κ2) is 24.3. The largest absolute Gasteiger partial charge is 0.519 e. The van der Waals surface area contributed by atoms with Gasteiger partial charge in [0.25, 0.3) is 0 Å². The summed E-state index contributed by atoms with van der Waals surface area (Å²) in [5.41, 5.74) is 6.64. The second-order valence-electron chi connectivity index (χ2n) is 17.9. The summed E-state index contributed by atoms with van der Waals surface area (Å²) in [6.07, 6.45) is 2.50. The number of carbonyl (C=O) groups excluding carboxylic acids is 3. The maximum Gasteiger partial charge on any atom is 0.519 e. The van der Waals surface area contributed by atoms with Gasteiger partial charge in [0.2, 0.25) is 0 Å². The lowest BCUT2D eigenvalue weighted by atomic mass is 10.1. The standard InChI is InChI=1S/C18H28N2O2.C13H20N2.C10H18O5.C4H8O/c1-14(16-8-6-5-7-9-16)20-11-10-15(13-20)12-19-17(21)22-18(2,3)4;1-11(13-5-3-2-4-6-13)15-8-7-12(9-14)10-15;1-9(2,3)14-7(11)13-8(12)15-10(4,5)6;1-2-4-5-3-1/h5-9,14-15H,10-13H2,1-4H3,(H,19,21);2-6,11-12H,7-10,14H2,1H3;1-6H3;1-4H2/t14-,15+;11-,12+;;/m00../s1. The molecule has 12 heteroatoms. The topological polar surface area (TPSA) is 142 Å². The molecule has 0 radical (unpaired) electrons. The van der Waals surface area contributed by atoms with E-state index in [1.54, 1.807) is 41.5 Å². The van der Waals surface area contributed by atoms with Crippen molar-refractivity contribution in [2.75, 3.05) is 52.5 Å². The quantitative estimate of drug-likeness (QED) is 0.157. The van der Waals surface area contributed by atoms with Gasteiger partial charge in [0.1, 0.15) is 16.8 Å². The third-order valence-corrected chi connectivity index (χ3v) is 9.33. The molecule has 4 atom stereocenters. The van der Waals surface area contributed by atoms with Crippen LogP contribution in [-0.4, -0.2) is 97.5 Å². The number of hydrogen-bond donors (Lipinski definition) is 2. The predicted molar refractivity (Wildman–Crippen MR) is 226 cm³/mol. The van der Waals surface area contributed by atoms with Crippen molar-refractivity contribution in [1.29, 1.82) is 0 Å². The van der Waals surface area contributed by atoms with E-state index in [2.05, 4.69) is 88.3 Å². The Kier molecular flexibility index (Phi) is 21.0. The molecule has 322 valence electrons. The molecule has 3 fully saturated rings. The summed E-state index contributed by atoms with van der Waals surface area (Å²) in [5.74, 6) is 1.20. The first-order chi connectivity index (χ1) is 26.7. The third kappa shape index (κ3) is 22.1. The fourth-order valence-electron chi connectivity index (χ4n) is 6.33. The molecule has 3 N–H and O–H groups in total. The fourth-order valence-corrected chi connectivity index (χ4v) is 6.33. The van der Waals surface area contributed by atoms with Crippen molar-refractivity contribution in [3.8, 4) is 0 Å². The molecule has 3 aliphatic heterocycles. The molecule has 0 aromatic heterocycles. The molecule has 0 unspecified atom stereocenters. The minimum absolute atomic E-state index is 0.318. The van der Waals surface area contributed by atoms with E-state index in [-0.39, 0.29) is 6.09 Å². The number of nitrogens with zero attached hydrogens (tertiary/aromatic N) is 2. The van der Waals surface area contributed by atoms with Crippen molar-refractivity contribution in [3.63, 3.8) is 0 Å². The maximum atomic E-state index is 11.7. The van der Waals surface area contributed by atoms with Gasteiger partial charge < -0.3 is 34.7 Å². The van der Waals surface area contributed by atoms with Crippen LogP contribution in [0, 0.1) is 11.8 Å². The van der Waals surface area contributed by atoms with Crippen molar-refractivity contribution in [3.05, 3.63) is 71.8 Å². The lowest BCUT2D eigenvalue weighted by Crippen LogP contribution is -2.36. The van der Waals surface area contributed by atoms with Gasteiger partial charge in [0.15, 0.2) is 0 Å². The maximum absolute atomic E-state index is 11.7. The Morgan fingerprint density at radius 1 is 0.684 bits per heavy atom. The Bertz CT molecular complexity index is 1400. The van der Waals surface area contributed by atoms with Crippen LogP contribution in [0.4, 0.5) is 14.4 Å². The minimum atomic E-state index is -1.06. The van der Waals surface area contributed by atoms with Gasteiger partial charge in [-0.25, -0.2) is 14.4 Å². The highest BCUT2D eigenvalue weighted by Crippen LogP contribution is 2.28. The summed E-state index contributed by atoms with van der Waals surface area (Å²) in [6.45, 7) is 28.2. The van der Waals surface area contributed by atoms with Gasteiger partial charge in [0, 0.05) is 44.9 Å². The van der Waals surface area contributed by atoms with Crippen LogP contribution in [0.1, 0.15) is 125 Å². The first-order valence-corrected chi connectivity index (χ1v) is 20.6. The average Bonchev–Trinajstić information content (AvgIpc) is 3.94. The Morgan fingerprint density at radius 2 is 1.09 bits per heavy atom. The number of nitrogens with two attached hydrogens (primary N) is 1. The first-order valence-electron chi connectivity index (χ1n) is 20.6. The van der Waals surface area contributed by atoms with Crippen LogP contribution in [-0.2, 0) is 23.7 Å². The molecule has 2 aromatic rings. The van der Waals surface area contributed by atoms with Crippen molar-refractivity contribution in [1.82, 2.24) is 15.1 Å². The number of nitrogens with one attached hydrogen (secondary N) is 1. The van der Waals surface area contributed by atoms with Crippen LogP contribution in [0.3, 0.4) is 0 Å². The van der Waals surface area contributed by atoms with E-state index in [9.17, 15) is 14.4 Å². The van der Waals surface area contributed by atoms with Gasteiger partial charge in [-0.3, -0.25) is 9.80 Å². The number of likely N-dealkylation sites (tertiary alicyclic amines) is 2. The van der Waals surface area contributed by atoms with Gasteiger partial charge >= 0.3 is 18.4 Å². The third-order valence-electron chi connectivity index (χ3n) is 9.33. The normalized spacial score (nSPS) is 19.6. The smallest absolute Gasteiger partial charge is 0.444 e. The monoisotopic (exact) mass is 799 g/mol. The van der Waals surface area contributed by atoms with Gasteiger partial charge in [-0.15, -0.1) is 0 Å². The highest BCUT2D eigenvalue weighted by atomic mass is 16.8. The van der Waals surface area contributed by atoms with E-state index in [0.717, 1.165) is 45.8 Å². The zero-order valence-corrected chi connectivity index (χ0v) is 36.8. The summed E-state index contributed by atoms with van der Waals surface area (Å²) < 4.78 is 24.0. The number of amides is 1. The van der Waals surface area contributed by atoms with E-state index in [4.69, 9.17) is 24.7 Å². The van der Waals surface area contributed by atoms with Crippen molar-refractivity contribution < 1.29 is 38.1 Å². The summed E-state index contributed by atoms with van der Waals surface area (Å²) in [7, 11) is 0. The van der Waals surface area contributed by atoms with Crippen LogP contribution in [0.25, 0.3) is 0 Å². The van der Waals surface area contributed by atoms with Crippen LogP contribution < -0.4 is 11.1 Å². The van der Waals surface area contributed by atoms with E-state index < -0.39 is 29.1 Å². The Hall–Kier alpha value is -3.71.